The molecule has 18 heavy (non-hydrogen) atoms. The van der Waals surface area contributed by atoms with Gasteiger partial charge in [0.2, 0.25) is 0 Å². The molecule has 4 heteroatoms. The third-order valence-electron chi connectivity index (χ3n) is 2.46. The first-order chi connectivity index (χ1) is 8.56. The van der Waals surface area contributed by atoms with Crippen molar-refractivity contribution in [2.45, 2.75) is 12.5 Å². The Kier molecular flexibility index (Phi) is 3.67. The Morgan fingerprint density at radius 2 is 1.11 bits per heavy atom. The SMILES string of the molecule is FC(F)(F)OC(c1ccccc1)c1ccccc1. The molecule has 0 bridgehead atoms. The number of ether oxygens (including phenoxy) is 1. The number of hydrogen-bond donors (Lipinski definition) is 0. The van der Waals surface area contributed by atoms with Gasteiger partial charge >= 0.3 is 6.36 Å². The normalized spacial score (nSPS) is 11.8. The molecular formula is C14H11F3O. The molecule has 0 heterocycles. The Bertz CT molecular complexity index is 440. The summed E-state index contributed by atoms with van der Waals surface area (Å²) in [5.74, 6) is 0. The number of rotatable bonds is 3. The van der Waals surface area contributed by atoms with E-state index in [-0.39, 0.29) is 0 Å². The predicted octanol–water partition coefficient (Wildman–Crippen LogP) is 4.31. The third-order valence-corrected chi connectivity index (χ3v) is 2.46. The average Bonchev–Trinajstić information content (AvgIpc) is 2.37. The second kappa shape index (κ2) is 5.23. The summed E-state index contributed by atoms with van der Waals surface area (Å²) in [6, 6.07) is 16.7. The fourth-order valence-corrected chi connectivity index (χ4v) is 1.72. The molecule has 0 aliphatic rings. The summed E-state index contributed by atoms with van der Waals surface area (Å²) >= 11 is 0. The topological polar surface area (TPSA) is 9.23 Å². The number of halogens is 3. The lowest BCUT2D eigenvalue weighted by atomic mass is 10.0. The first-order valence-electron chi connectivity index (χ1n) is 5.41. The van der Waals surface area contributed by atoms with Crippen LogP contribution in [0.5, 0.6) is 0 Å². The van der Waals surface area contributed by atoms with Crippen molar-refractivity contribution < 1.29 is 17.9 Å². The molecule has 2 aromatic carbocycles. The zero-order valence-corrected chi connectivity index (χ0v) is 9.39. The molecule has 0 saturated carbocycles. The van der Waals surface area contributed by atoms with Crippen molar-refractivity contribution in [2.75, 3.05) is 0 Å². The molecule has 2 rings (SSSR count). The standard InChI is InChI=1S/C14H11F3O/c15-14(16,17)18-13(11-7-3-1-4-8-11)12-9-5-2-6-10-12/h1-10,13H. The molecule has 0 unspecified atom stereocenters. The zero-order chi connectivity index (χ0) is 13.0. The fourth-order valence-electron chi connectivity index (χ4n) is 1.72. The molecule has 0 aliphatic carbocycles. The molecule has 0 aliphatic heterocycles. The molecule has 0 N–H and O–H groups in total. The maximum atomic E-state index is 12.5. The summed E-state index contributed by atoms with van der Waals surface area (Å²) in [6.07, 6.45) is -5.80. The zero-order valence-electron chi connectivity index (χ0n) is 9.39. The molecule has 2 aromatic rings. The summed E-state index contributed by atoms with van der Waals surface area (Å²) in [4.78, 5) is 0. The van der Waals surface area contributed by atoms with Crippen LogP contribution in [-0.4, -0.2) is 6.36 Å². The lowest BCUT2D eigenvalue weighted by Gasteiger charge is -2.20. The van der Waals surface area contributed by atoms with Crippen LogP contribution < -0.4 is 0 Å². The minimum atomic E-state index is -4.67. The highest BCUT2D eigenvalue weighted by atomic mass is 19.4. The Morgan fingerprint density at radius 1 is 0.722 bits per heavy atom. The van der Waals surface area contributed by atoms with Crippen LogP contribution in [0, 0.1) is 0 Å². The molecular weight excluding hydrogens is 241 g/mol. The molecule has 0 saturated heterocycles. The van der Waals surface area contributed by atoms with Gasteiger partial charge in [0.15, 0.2) is 0 Å². The van der Waals surface area contributed by atoms with E-state index < -0.39 is 12.5 Å². The summed E-state index contributed by atoms with van der Waals surface area (Å²) in [5, 5.41) is 0. The summed E-state index contributed by atoms with van der Waals surface area (Å²) in [5.41, 5.74) is 0.946. The van der Waals surface area contributed by atoms with Crippen molar-refractivity contribution in [3.8, 4) is 0 Å². The van der Waals surface area contributed by atoms with E-state index >= 15 is 0 Å². The van der Waals surface area contributed by atoms with Gasteiger partial charge in [0, 0.05) is 0 Å². The van der Waals surface area contributed by atoms with Crippen LogP contribution in [0.3, 0.4) is 0 Å². The van der Waals surface area contributed by atoms with Crippen LogP contribution in [0.4, 0.5) is 13.2 Å². The van der Waals surface area contributed by atoms with E-state index in [1.807, 2.05) is 0 Å². The first-order valence-corrected chi connectivity index (χ1v) is 5.41. The lowest BCUT2D eigenvalue weighted by molar-refractivity contribution is -0.339. The van der Waals surface area contributed by atoms with Gasteiger partial charge in [0.05, 0.1) is 0 Å². The van der Waals surface area contributed by atoms with Crippen molar-refractivity contribution in [1.82, 2.24) is 0 Å². The van der Waals surface area contributed by atoms with E-state index in [9.17, 15) is 13.2 Å². The van der Waals surface area contributed by atoms with Crippen molar-refractivity contribution in [3.63, 3.8) is 0 Å². The number of alkyl halides is 3. The van der Waals surface area contributed by atoms with Gasteiger partial charge in [-0.05, 0) is 11.1 Å². The lowest BCUT2D eigenvalue weighted by Crippen LogP contribution is -2.19. The molecule has 0 spiro atoms. The van der Waals surface area contributed by atoms with E-state index in [2.05, 4.69) is 4.74 Å². The summed E-state index contributed by atoms with van der Waals surface area (Å²) < 4.78 is 41.6. The van der Waals surface area contributed by atoms with Crippen LogP contribution in [0.1, 0.15) is 17.2 Å². The Balaban J connectivity index is 2.36. The maximum absolute atomic E-state index is 12.5. The Labute approximate surface area is 103 Å². The molecule has 0 atom stereocenters. The van der Waals surface area contributed by atoms with Crippen LogP contribution in [0.15, 0.2) is 60.7 Å². The van der Waals surface area contributed by atoms with E-state index in [1.165, 1.54) is 0 Å². The third kappa shape index (κ3) is 3.34. The highest BCUT2D eigenvalue weighted by Gasteiger charge is 2.34. The minimum absolute atomic E-state index is 0.473. The number of benzene rings is 2. The minimum Gasteiger partial charge on any atom is -0.279 e. The Morgan fingerprint density at radius 3 is 1.44 bits per heavy atom. The average molecular weight is 252 g/mol. The van der Waals surface area contributed by atoms with Crippen LogP contribution >= 0.6 is 0 Å². The highest BCUT2D eigenvalue weighted by Crippen LogP contribution is 2.32. The van der Waals surface area contributed by atoms with Crippen LogP contribution in [-0.2, 0) is 4.74 Å². The van der Waals surface area contributed by atoms with Gasteiger partial charge in [-0.1, -0.05) is 60.7 Å². The monoisotopic (exact) mass is 252 g/mol. The molecule has 0 radical (unpaired) electrons. The van der Waals surface area contributed by atoms with Gasteiger partial charge in [0.25, 0.3) is 0 Å². The maximum Gasteiger partial charge on any atom is 0.523 e. The van der Waals surface area contributed by atoms with Crippen LogP contribution in [0.2, 0.25) is 0 Å². The quantitative estimate of drug-likeness (QED) is 0.790. The second-order valence-corrected chi connectivity index (χ2v) is 3.76. The number of hydrogen-bond acceptors (Lipinski definition) is 1. The molecule has 94 valence electrons. The molecule has 0 aromatic heterocycles. The largest absolute Gasteiger partial charge is 0.523 e. The van der Waals surface area contributed by atoms with Crippen molar-refractivity contribution in [3.05, 3.63) is 71.8 Å². The van der Waals surface area contributed by atoms with Gasteiger partial charge < -0.3 is 0 Å². The van der Waals surface area contributed by atoms with E-state index in [0.29, 0.717) is 11.1 Å². The second-order valence-electron chi connectivity index (χ2n) is 3.76. The van der Waals surface area contributed by atoms with Crippen LogP contribution in [0.25, 0.3) is 0 Å². The van der Waals surface area contributed by atoms with E-state index in [1.54, 1.807) is 60.7 Å². The van der Waals surface area contributed by atoms with Gasteiger partial charge in [-0.2, -0.15) is 0 Å². The predicted molar refractivity (Wildman–Crippen MR) is 61.9 cm³/mol. The molecule has 0 amide bonds. The smallest absolute Gasteiger partial charge is 0.279 e. The van der Waals surface area contributed by atoms with Crippen molar-refractivity contribution in [1.29, 1.82) is 0 Å². The Hall–Kier alpha value is -1.81. The first kappa shape index (κ1) is 12.6. The molecule has 0 fully saturated rings. The van der Waals surface area contributed by atoms with Crippen molar-refractivity contribution in [2.24, 2.45) is 0 Å². The van der Waals surface area contributed by atoms with Gasteiger partial charge in [-0.25, -0.2) is 0 Å². The highest BCUT2D eigenvalue weighted by molar-refractivity contribution is 5.29. The van der Waals surface area contributed by atoms with Gasteiger partial charge in [-0.15, -0.1) is 13.2 Å². The van der Waals surface area contributed by atoms with Gasteiger partial charge in [-0.3, -0.25) is 4.74 Å². The van der Waals surface area contributed by atoms with E-state index in [0.717, 1.165) is 0 Å². The summed E-state index contributed by atoms with van der Waals surface area (Å²) in [6.45, 7) is 0. The molecule has 1 nitrogen and oxygen atoms in total. The van der Waals surface area contributed by atoms with Gasteiger partial charge in [0.1, 0.15) is 6.10 Å². The summed E-state index contributed by atoms with van der Waals surface area (Å²) in [7, 11) is 0. The van der Waals surface area contributed by atoms with E-state index in [4.69, 9.17) is 0 Å². The fraction of sp³-hybridized carbons (Fsp3) is 0.143. The van der Waals surface area contributed by atoms with Crippen molar-refractivity contribution >= 4 is 0 Å².